The molecule has 1 aliphatic rings. The number of nitrogens with zero attached hydrogens (tertiary/aromatic N) is 5. The second-order valence-corrected chi connectivity index (χ2v) is 3.51. The van der Waals surface area contributed by atoms with Crippen LogP contribution in [0.1, 0.15) is 12.8 Å². The van der Waals surface area contributed by atoms with Crippen LogP contribution in [0.4, 0.5) is 5.69 Å². The van der Waals surface area contributed by atoms with E-state index in [-0.39, 0.29) is 0 Å². The Morgan fingerprint density at radius 1 is 1.21 bits per heavy atom. The van der Waals surface area contributed by atoms with Gasteiger partial charge in [0, 0.05) is 13.1 Å². The first-order chi connectivity index (χ1) is 6.95. The Morgan fingerprint density at radius 3 is 2.93 bits per heavy atom. The van der Waals surface area contributed by atoms with Crippen molar-refractivity contribution in [3.8, 4) is 0 Å². The Hall–Kier alpha value is -1.65. The highest BCUT2D eigenvalue weighted by molar-refractivity contribution is 5.67. The van der Waals surface area contributed by atoms with E-state index in [4.69, 9.17) is 0 Å². The molecule has 72 valence electrons. The molecule has 1 saturated heterocycles. The van der Waals surface area contributed by atoms with Gasteiger partial charge in [-0.3, -0.25) is 0 Å². The SMILES string of the molecule is c1cc(N2CCCC2)c2nncn2n1. The van der Waals surface area contributed by atoms with E-state index in [1.807, 2.05) is 6.07 Å². The average Bonchev–Trinajstić information content (AvgIpc) is 2.88. The molecule has 5 heteroatoms. The van der Waals surface area contributed by atoms with Crippen LogP contribution in [0, 0.1) is 0 Å². The molecule has 0 amide bonds. The van der Waals surface area contributed by atoms with Crippen LogP contribution in [0.2, 0.25) is 0 Å². The summed E-state index contributed by atoms with van der Waals surface area (Å²) in [5.41, 5.74) is 2.00. The largest absolute Gasteiger partial charge is 0.368 e. The van der Waals surface area contributed by atoms with Gasteiger partial charge in [0.2, 0.25) is 5.65 Å². The molecule has 0 spiro atoms. The molecule has 1 aliphatic heterocycles. The number of aromatic nitrogens is 4. The maximum atomic E-state index is 4.14. The van der Waals surface area contributed by atoms with Crippen molar-refractivity contribution in [2.45, 2.75) is 12.8 Å². The molecule has 2 aromatic heterocycles. The summed E-state index contributed by atoms with van der Waals surface area (Å²) < 4.78 is 1.72. The van der Waals surface area contributed by atoms with Crippen LogP contribution in [0.5, 0.6) is 0 Å². The van der Waals surface area contributed by atoms with E-state index in [2.05, 4.69) is 20.2 Å². The summed E-state index contributed by atoms with van der Waals surface area (Å²) in [6, 6.07) is 2.01. The molecule has 0 aromatic carbocycles. The van der Waals surface area contributed by atoms with Gasteiger partial charge in [0.25, 0.3) is 0 Å². The number of rotatable bonds is 1. The topological polar surface area (TPSA) is 46.3 Å². The molecule has 3 heterocycles. The molecule has 0 aliphatic carbocycles. The quantitative estimate of drug-likeness (QED) is 0.663. The van der Waals surface area contributed by atoms with Gasteiger partial charge in [0.1, 0.15) is 6.33 Å². The molecule has 5 nitrogen and oxygen atoms in total. The lowest BCUT2D eigenvalue weighted by molar-refractivity contribution is 0.902. The van der Waals surface area contributed by atoms with Crippen molar-refractivity contribution < 1.29 is 0 Å². The van der Waals surface area contributed by atoms with E-state index in [0.717, 1.165) is 24.4 Å². The van der Waals surface area contributed by atoms with Gasteiger partial charge in [0.15, 0.2) is 0 Å². The summed E-state index contributed by atoms with van der Waals surface area (Å²) in [6.45, 7) is 2.24. The van der Waals surface area contributed by atoms with E-state index in [0.29, 0.717) is 0 Å². The summed E-state index contributed by atoms with van der Waals surface area (Å²) in [7, 11) is 0. The van der Waals surface area contributed by atoms with E-state index in [1.165, 1.54) is 12.8 Å². The molecular weight excluding hydrogens is 178 g/mol. The second kappa shape index (κ2) is 2.94. The Kier molecular flexibility index (Phi) is 1.62. The highest BCUT2D eigenvalue weighted by Crippen LogP contribution is 2.22. The lowest BCUT2D eigenvalue weighted by atomic mass is 10.4. The molecule has 0 atom stereocenters. The van der Waals surface area contributed by atoms with Crippen LogP contribution in [0.25, 0.3) is 5.65 Å². The van der Waals surface area contributed by atoms with Gasteiger partial charge in [-0.05, 0) is 18.9 Å². The average molecular weight is 189 g/mol. The number of hydrogen-bond acceptors (Lipinski definition) is 4. The van der Waals surface area contributed by atoms with Crippen molar-refractivity contribution in [1.29, 1.82) is 0 Å². The molecular formula is C9H11N5. The van der Waals surface area contributed by atoms with Crippen LogP contribution >= 0.6 is 0 Å². The van der Waals surface area contributed by atoms with Crippen LogP contribution in [0.15, 0.2) is 18.6 Å². The van der Waals surface area contributed by atoms with Crippen molar-refractivity contribution >= 4 is 11.3 Å². The molecule has 14 heavy (non-hydrogen) atoms. The summed E-state index contributed by atoms with van der Waals surface area (Å²) in [6.07, 6.45) is 5.96. The fraction of sp³-hybridized carbons (Fsp3) is 0.444. The minimum Gasteiger partial charge on any atom is -0.368 e. The Morgan fingerprint density at radius 2 is 2.07 bits per heavy atom. The fourth-order valence-electron chi connectivity index (χ4n) is 1.94. The zero-order chi connectivity index (χ0) is 9.38. The predicted molar refractivity (Wildman–Crippen MR) is 52.2 cm³/mol. The van der Waals surface area contributed by atoms with Gasteiger partial charge >= 0.3 is 0 Å². The molecule has 0 radical (unpaired) electrons. The standard InChI is InChI=1S/C9H11N5/c1-2-6-13(5-1)8-3-4-11-14-7-10-12-9(8)14/h3-4,7H,1-2,5-6H2. The smallest absolute Gasteiger partial charge is 0.200 e. The lowest BCUT2D eigenvalue weighted by Gasteiger charge is -2.16. The first-order valence-electron chi connectivity index (χ1n) is 4.85. The lowest BCUT2D eigenvalue weighted by Crippen LogP contribution is -2.18. The minimum atomic E-state index is 0.856. The molecule has 0 saturated carbocycles. The first-order valence-corrected chi connectivity index (χ1v) is 4.85. The normalized spacial score (nSPS) is 16.7. The van der Waals surface area contributed by atoms with Crippen LogP contribution < -0.4 is 4.90 Å². The molecule has 2 aromatic rings. The van der Waals surface area contributed by atoms with E-state index < -0.39 is 0 Å². The molecule has 3 rings (SSSR count). The van der Waals surface area contributed by atoms with Gasteiger partial charge < -0.3 is 4.90 Å². The third-order valence-electron chi connectivity index (χ3n) is 2.63. The van der Waals surface area contributed by atoms with E-state index >= 15 is 0 Å². The highest BCUT2D eigenvalue weighted by Gasteiger charge is 2.16. The Bertz CT molecular complexity index is 443. The summed E-state index contributed by atoms with van der Waals surface area (Å²) >= 11 is 0. The number of anilines is 1. The summed E-state index contributed by atoms with van der Waals surface area (Å²) in [5, 5.41) is 12.1. The molecule has 0 unspecified atom stereocenters. The predicted octanol–water partition coefficient (Wildman–Crippen LogP) is 0.724. The minimum absolute atomic E-state index is 0.856. The van der Waals surface area contributed by atoms with Crippen molar-refractivity contribution in [3.05, 3.63) is 18.6 Å². The van der Waals surface area contributed by atoms with Gasteiger partial charge in [0.05, 0.1) is 11.9 Å². The highest BCUT2D eigenvalue weighted by atomic mass is 15.4. The van der Waals surface area contributed by atoms with Crippen molar-refractivity contribution in [1.82, 2.24) is 19.8 Å². The van der Waals surface area contributed by atoms with E-state index in [9.17, 15) is 0 Å². The number of fused-ring (bicyclic) bond motifs is 1. The Balaban J connectivity index is 2.14. The van der Waals surface area contributed by atoms with Crippen LogP contribution in [0.3, 0.4) is 0 Å². The molecule has 1 fully saturated rings. The van der Waals surface area contributed by atoms with Gasteiger partial charge in [-0.2, -0.15) is 9.61 Å². The first kappa shape index (κ1) is 7.73. The zero-order valence-electron chi connectivity index (χ0n) is 7.80. The third-order valence-corrected chi connectivity index (χ3v) is 2.63. The maximum absolute atomic E-state index is 4.14. The second-order valence-electron chi connectivity index (χ2n) is 3.51. The van der Waals surface area contributed by atoms with Gasteiger partial charge in [-0.15, -0.1) is 10.2 Å². The number of hydrogen-bond donors (Lipinski definition) is 0. The van der Waals surface area contributed by atoms with Gasteiger partial charge in [-0.1, -0.05) is 0 Å². The summed E-state index contributed by atoms with van der Waals surface area (Å²) in [4.78, 5) is 2.34. The third kappa shape index (κ3) is 1.05. The Labute approximate surface area is 81.4 Å². The van der Waals surface area contributed by atoms with Crippen LogP contribution in [-0.4, -0.2) is 32.9 Å². The maximum Gasteiger partial charge on any atom is 0.200 e. The monoisotopic (exact) mass is 189 g/mol. The van der Waals surface area contributed by atoms with Crippen molar-refractivity contribution in [3.63, 3.8) is 0 Å². The van der Waals surface area contributed by atoms with Gasteiger partial charge in [-0.25, -0.2) is 0 Å². The van der Waals surface area contributed by atoms with E-state index in [1.54, 1.807) is 17.0 Å². The van der Waals surface area contributed by atoms with Crippen LogP contribution in [-0.2, 0) is 0 Å². The molecule has 0 N–H and O–H groups in total. The summed E-state index contributed by atoms with van der Waals surface area (Å²) in [5.74, 6) is 0. The van der Waals surface area contributed by atoms with Crippen molar-refractivity contribution in [2.75, 3.05) is 18.0 Å². The molecule has 0 bridgehead atoms. The zero-order valence-corrected chi connectivity index (χ0v) is 7.80. The van der Waals surface area contributed by atoms with Crippen molar-refractivity contribution in [2.24, 2.45) is 0 Å². The fourth-order valence-corrected chi connectivity index (χ4v) is 1.94.